The van der Waals surface area contributed by atoms with Crippen LogP contribution < -0.4 is 4.90 Å². The number of carbonyl (C=O) groups is 1. The van der Waals surface area contributed by atoms with Crippen LogP contribution in [0.4, 0.5) is 5.82 Å². The number of aromatic carboxylic acids is 1. The van der Waals surface area contributed by atoms with Gasteiger partial charge in [-0.2, -0.15) is 0 Å². The molecule has 0 amide bonds. The van der Waals surface area contributed by atoms with E-state index in [4.69, 9.17) is 21.4 Å². The molecule has 2 aliphatic heterocycles. The fourth-order valence-corrected chi connectivity index (χ4v) is 3.13. The number of hydrogen-bond donors (Lipinski definition) is 1. The molecule has 1 atom stereocenters. The van der Waals surface area contributed by atoms with Crippen molar-refractivity contribution in [2.45, 2.75) is 12.5 Å². The Bertz CT molecular complexity index is 534. The summed E-state index contributed by atoms with van der Waals surface area (Å²) < 4.78 is 5.38. The predicted molar refractivity (Wildman–Crippen MR) is 79.2 cm³/mol. The molecule has 0 radical (unpaired) electrons. The molecule has 1 aromatic heterocycles. The number of hydrogen-bond acceptors (Lipinski definition) is 5. The maximum Gasteiger partial charge on any atom is 0.356 e. The molecule has 0 bridgehead atoms. The topological polar surface area (TPSA) is 65.9 Å². The Hall–Kier alpha value is -1.37. The van der Waals surface area contributed by atoms with Crippen molar-refractivity contribution >= 4 is 23.4 Å². The Kier molecular flexibility index (Phi) is 4.28. The van der Waals surface area contributed by atoms with Gasteiger partial charge < -0.3 is 14.7 Å². The number of halogens is 1. The molecule has 0 saturated carbocycles. The molecule has 7 heteroatoms. The van der Waals surface area contributed by atoms with E-state index in [1.165, 1.54) is 0 Å². The second-order valence-electron chi connectivity index (χ2n) is 5.34. The highest BCUT2D eigenvalue weighted by Crippen LogP contribution is 2.24. The highest BCUT2D eigenvalue weighted by atomic mass is 35.5. The maximum atomic E-state index is 11.1. The average molecular weight is 312 g/mol. The Morgan fingerprint density at radius 2 is 2.10 bits per heavy atom. The molecular formula is C14H18ClN3O3. The zero-order chi connectivity index (χ0) is 14.8. The molecule has 3 rings (SSSR count). The van der Waals surface area contributed by atoms with Crippen LogP contribution in [0.5, 0.6) is 0 Å². The first kappa shape index (κ1) is 14.6. The number of carboxylic acids is 1. The van der Waals surface area contributed by atoms with Gasteiger partial charge in [0.15, 0.2) is 5.69 Å². The van der Waals surface area contributed by atoms with Crippen molar-refractivity contribution in [1.29, 1.82) is 0 Å². The van der Waals surface area contributed by atoms with Gasteiger partial charge >= 0.3 is 5.97 Å². The number of carboxylic acid groups (broad SMARTS) is 1. The Labute approximate surface area is 128 Å². The van der Waals surface area contributed by atoms with Crippen molar-refractivity contribution in [1.82, 2.24) is 9.88 Å². The Balaban J connectivity index is 1.71. The van der Waals surface area contributed by atoms with Gasteiger partial charge in [-0.05, 0) is 18.6 Å². The summed E-state index contributed by atoms with van der Waals surface area (Å²) in [5.41, 5.74) is -0.0796. The van der Waals surface area contributed by atoms with Crippen LogP contribution in [0.3, 0.4) is 0 Å². The second kappa shape index (κ2) is 6.17. The average Bonchev–Trinajstić information content (AvgIpc) is 2.98. The molecule has 21 heavy (non-hydrogen) atoms. The summed E-state index contributed by atoms with van der Waals surface area (Å²) in [5, 5.41) is 9.28. The number of morpholine rings is 1. The van der Waals surface area contributed by atoms with Crippen LogP contribution in [0.25, 0.3) is 0 Å². The molecular weight excluding hydrogens is 294 g/mol. The zero-order valence-corrected chi connectivity index (χ0v) is 12.4. The maximum absolute atomic E-state index is 11.1. The molecule has 0 aliphatic carbocycles. The number of ether oxygens (including phenoxy) is 1. The van der Waals surface area contributed by atoms with E-state index in [2.05, 4.69) is 14.8 Å². The van der Waals surface area contributed by atoms with Crippen molar-refractivity contribution in [3.8, 4) is 0 Å². The van der Waals surface area contributed by atoms with Crippen molar-refractivity contribution in [3.63, 3.8) is 0 Å². The lowest BCUT2D eigenvalue weighted by molar-refractivity contribution is 0.0209. The van der Waals surface area contributed by atoms with Crippen LogP contribution >= 0.6 is 11.6 Å². The van der Waals surface area contributed by atoms with Crippen molar-refractivity contribution in [2.24, 2.45) is 0 Å². The SMILES string of the molecule is O=C(O)c1nc(N2CCC(N3CCOCC3)C2)ccc1Cl. The van der Waals surface area contributed by atoms with Crippen LogP contribution in [-0.4, -0.2) is 66.4 Å². The minimum Gasteiger partial charge on any atom is -0.476 e. The molecule has 3 heterocycles. The van der Waals surface area contributed by atoms with Crippen LogP contribution in [-0.2, 0) is 4.74 Å². The Morgan fingerprint density at radius 3 is 2.81 bits per heavy atom. The van der Waals surface area contributed by atoms with Gasteiger partial charge in [0.2, 0.25) is 0 Å². The van der Waals surface area contributed by atoms with Gasteiger partial charge in [-0.1, -0.05) is 11.6 Å². The van der Waals surface area contributed by atoms with E-state index < -0.39 is 5.97 Å². The van der Waals surface area contributed by atoms with E-state index in [9.17, 15) is 4.79 Å². The number of rotatable bonds is 3. The molecule has 2 aliphatic rings. The molecule has 1 unspecified atom stereocenters. The van der Waals surface area contributed by atoms with Crippen molar-refractivity contribution < 1.29 is 14.6 Å². The quantitative estimate of drug-likeness (QED) is 0.909. The highest BCUT2D eigenvalue weighted by Gasteiger charge is 2.29. The molecule has 0 spiro atoms. The first-order valence-electron chi connectivity index (χ1n) is 7.12. The van der Waals surface area contributed by atoms with Gasteiger partial charge in [0, 0.05) is 32.2 Å². The molecule has 1 N–H and O–H groups in total. The summed E-state index contributed by atoms with van der Waals surface area (Å²) >= 11 is 5.86. The summed E-state index contributed by atoms with van der Waals surface area (Å²) in [6.45, 7) is 5.26. The molecule has 2 saturated heterocycles. The van der Waals surface area contributed by atoms with Gasteiger partial charge in [0.05, 0.1) is 18.2 Å². The molecule has 2 fully saturated rings. The third-order valence-electron chi connectivity index (χ3n) is 4.08. The third kappa shape index (κ3) is 3.12. The van der Waals surface area contributed by atoms with Crippen LogP contribution in [0.1, 0.15) is 16.9 Å². The largest absolute Gasteiger partial charge is 0.476 e. The summed E-state index contributed by atoms with van der Waals surface area (Å²) in [6.07, 6.45) is 1.06. The highest BCUT2D eigenvalue weighted by molar-refractivity contribution is 6.33. The van der Waals surface area contributed by atoms with E-state index in [0.29, 0.717) is 11.9 Å². The van der Waals surface area contributed by atoms with Gasteiger partial charge in [-0.25, -0.2) is 9.78 Å². The first-order chi connectivity index (χ1) is 10.1. The predicted octanol–water partition coefficient (Wildman–Crippen LogP) is 1.34. The summed E-state index contributed by atoms with van der Waals surface area (Å²) in [5.74, 6) is -0.404. The molecule has 114 valence electrons. The normalized spacial score (nSPS) is 23.5. The lowest BCUT2D eigenvalue weighted by Gasteiger charge is -2.32. The minimum absolute atomic E-state index is 0.0796. The van der Waals surface area contributed by atoms with Crippen molar-refractivity contribution in [3.05, 3.63) is 22.8 Å². The number of aromatic nitrogens is 1. The van der Waals surface area contributed by atoms with Crippen molar-refractivity contribution in [2.75, 3.05) is 44.3 Å². The second-order valence-corrected chi connectivity index (χ2v) is 5.75. The number of anilines is 1. The van der Waals surface area contributed by atoms with E-state index in [0.717, 1.165) is 45.8 Å². The summed E-state index contributed by atoms with van der Waals surface area (Å²) in [4.78, 5) is 19.9. The van der Waals surface area contributed by atoms with Crippen LogP contribution in [0.2, 0.25) is 5.02 Å². The third-order valence-corrected chi connectivity index (χ3v) is 4.39. The van der Waals surface area contributed by atoms with Gasteiger partial charge in [0.25, 0.3) is 0 Å². The van der Waals surface area contributed by atoms with E-state index in [1.54, 1.807) is 12.1 Å². The standard InChI is InChI=1S/C14H18ClN3O3/c15-11-1-2-12(16-13(11)14(19)20)18-4-3-10(9-18)17-5-7-21-8-6-17/h1-2,10H,3-9H2,(H,19,20). The number of nitrogens with zero attached hydrogens (tertiary/aromatic N) is 3. The molecule has 6 nitrogen and oxygen atoms in total. The Morgan fingerprint density at radius 1 is 1.33 bits per heavy atom. The van der Waals surface area contributed by atoms with Crippen LogP contribution in [0.15, 0.2) is 12.1 Å². The fourth-order valence-electron chi connectivity index (χ4n) is 2.95. The first-order valence-corrected chi connectivity index (χ1v) is 7.49. The van der Waals surface area contributed by atoms with Crippen LogP contribution in [0, 0.1) is 0 Å². The lowest BCUT2D eigenvalue weighted by Crippen LogP contribution is -2.44. The van der Waals surface area contributed by atoms with E-state index in [1.807, 2.05) is 0 Å². The van der Waals surface area contributed by atoms with E-state index in [-0.39, 0.29) is 10.7 Å². The van der Waals surface area contributed by atoms with Gasteiger partial charge in [0.1, 0.15) is 5.82 Å². The fraction of sp³-hybridized carbons (Fsp3) is 0.571. The minimum atomic E-state index is -1.09. The smallest absolute Gasteiger partial charge is 0.356 e. The zero-order valence-electron chi connectivity index (χ0n) is 11.7. The lowest BCUT2D eigenvalue weighted by atomic mass is 10.2. The summed E-state index contributed by atoms with van der Waals surface area (Å²) in [6, 6.07) is 3.88. The van der Waals surface area contributed by atoms with Gasteiger partial charge in [-0.15, -0.1) is 0 Å². The number of pyridine rings is 1. The summed E-state index contributed by atoms with van der Waals surface area (Å²) in [7, 11) is 0. The molecule has 0 aromatic carbocycles. The molecule has 1 aromatic rings. The monoisotopic (exact) mass is 311 g/mol. The van der Waals surface area contributed by atoms with Gasteiger partial charge in [-0.3, -0.25) is 4.90 Å². The van der Waals surface area contributed by atoms with E-state index >= 15 is 0 Å².